The summed E-state index contributed by atoms with van der Waals surface area (Å²) in [6.07, 6.45) is 1.24. The molecular weight excluding hydrogens is 254 g/mol. The van der Waals surface area contributed by atoms with Gasteiger partial charge in [0.2, 0.25) is 0 Å². The molecule has 0 fully saturated rings. The molecule has 19 heavy (non-hydrogen) atoms. The smallest absolute Gasteiger partial charge is 0.396 e. The van der Waals surface area contributed by atoms with E-state index in [1.165, 1.54) is 0 Å². The quantitative estimate of drug-likeness (QED) is 0.235. The SMILES string of the molecule is CCCCOCCOCCOCCOC(=O)N=[N+]=[N-]. The first-order chi connectivity index (χ1) is 9.31. The van der Waals surface area contributed by atoms with Crippen molar-refractivity contribution in [1.82, 2.24) is 0 Å². The highest BCUT2D eigenvalue weighted by Crippen LogP contribution is 1.88. The normalized spacial score (nSPS) is 9.95. The van der Waals surface area contributed by atoms with Gasteiger partial charge in [0.1, 0.15) is 6.61 Å². The van der Waals surface area contributed by atoms with Gasteiger partial charge in [0.15, 0.2) is 0 Å². The van der Waals surface area contributed by atoms with Gasteiger partial charge in [-0.15, -0.1) is 0 Å². The summed E-state index contributed by atoms with van der Waals surface area (Å²) in [5, 5.41) is 2.74. The molecule has 0 spiro atoms. The van der Waals surface area contributed by atoms with Gasteiger partial charge in [-0.1, -0.05) is 13.3 Å². The first-order valence-corrected chi connectivity index (χ1v) is 6.26. The van der Waals surface area contributed by atoms with Crippen LogP contribution >= 0.6 is 0 Å². The number of ether oxygens (including phenoxy) is 4. The second kappa shape index (κ2) is 14.7. The Kier molecular flexibility index (Phi) is 13.7. The molecule has 0 aliphatic carbocycles. The summed E-state index contributed by atoms with van der Waals surface area (Å²) in [5.41, 5.74) is 7.93. The molecule has 0 heterocycles. The highest BCUT2D eigenvalue weighted by atomic mass is 16.6. The zero-order valence-corrected chi connectivity index (χ0v) is 11.2. The molecule has 0 aromatic heterocycles. The summed E-state index contributed by atoms with van der Waals surface area (Å²) in [4.78, 5) is 12.9. The largest absolute Gasteiger partial charge is 0.458 e. The molecule has 0 aliphatic heterocycles. The Labute approximate surface area is 112 Å². The van der Waals surface area contributed by atoms with E-state index in [1.807, 2.05) is 0 Å². The van der Waals surface area contributed by atoms with Crippen LogP contribution < -0.4 is 0 Å². The molecule has 110 valence electrons. The Morgan fingerprint density at radius 2 is 1.53 bits per heavy atom. The number of azide groups is 1. The lowest BCUT2D eigenvalue weighted by Crippen LogP contribution is -2.12. The van der Waals surface area contributed by atoms with E-state index >= 15 is 0 Å². The number of unbranched alkanes of at least 4 members (excludes halogenated alkanes) is 1. The number of hydrogen-bond acceptors (Lipinski definition) is 5. The van der Waals surface area contributed by atoms with Gasteiger partial charge >= 0.3 is 6.09 Å². The van der Waals surface area contributed by atoms with Gasteiger partial charge < -0.3 is 18.9 Å². The van der Waals surface area contributed by atoms with Crippen molar-refractivity contribution in [1.29, 1.82) is 0 Å². The Balaban J connectivity index is 3.06. The summed E-state index contributed by atoms with van der Waals surface area (Å²) in [6, 6.07) is 0. The molecule has 0 saturated heterocycles. The second-order valence-electron chi connectivity index (χ2n) is 3.49. The molecule has 0 radical (unpaired) electrons. The van der Waals surface area contributed by atoms with Crippen molar-refractivity contribution < 1.29 is 23.7 Å². The van der Waals surface area contributed by atoms with Gasteiger partial charge in [-0.25, -0.2) is 4.79 Å². The molecule has 0 N–H and O–H groups in total. The van der Waals surface area contributed by atoms with Crippen LogP contribution in [0, 0.1) is 0 Å². The van der Waals surface area contributed by atoms with Gasteiger partial charge in [0, 0.05) is 16.6 Å². The Hall–Kier alpha value is -1.34. The molecule has 0 saturated carbocycles. The van der Waals surface area contributed by atoms with E-state index < -0.39 is 6.09 Å². The van der Waals surface area contributed by atoms with Crippen molar-refractivity contribution in [3.05, 3.63) is 10.4 Å². The molecule has 8 heteroatoms. The van der Waals surface area contributed by atoms with E-state index in [1.54, 1.807) is 0 Å². The Morgan fingerprint density at radius 1 is 1.00 bits per heavy atom. The minimum atomic E-state index is -0.952. The summed E-state index contributed by atoms with van der Waals surface area (Å²) in [6.45, 7) is 5.17. The number of nitrogens with zero attached hydrogens (tertiary/aromatic N) is 3. The molecule has 8 nitrogen and oxygen atoms in total. The van der Waals surface area contributed by atoms with Crippen LogP contribution in [0.4, 0.5) is 4.79 Å². The number of carbonyl (C=O) groups is 1. The van der Waals surface area contributed by atoms with Crippen LogP contribution in [0.1, 0.15) is 19.8 Å². The average Bonchev–Trinajstić information content (AvgIpc) is 2.40. The van der Waals surface area contributed by atoms with E-state index in [-0.39, 0.29) is 13.2 Å². The summed E-state index contributed by atoms with van der Waals surface area (Å²) in [5.74, 6) is 0. The maximum absolute atomic E-state index is 10.6. The predicted molar refractivity (Wildman–Crippen MR) is 67.9 cm³/mol. The first kappa shape index (κ1) is 17.7. The summed E-state index contributed by atoms with van der Waals surface area (Å²) in [7, 11) is 0. The summed E-state index contributed by atoms with van der Waals surface area (Å²) < 4.78 is 20.2. The standard InChI is InChI=1S/C11H21N3O5/c1-2-3-4-16-5-6-17-7-8-18-9-10-19-11(15)13-14-12/h2-10H2,1H3. The van der Waals surface area contributed by atoms with Crippen LogP contribution in [0.5, 0.6) is 0 Å². The van der Waals surface area contributed by atoms with E-state index in [0.29, 0.717) is 26.4 Å². The number of hydrogen-bond donors (Lipinski definition) is 0. The molecule has 0 unspecified atom stereocenters. The van der Waals surface area contributed by atoms with E-state index in [9.17, 15) is 4.79 Å². The number of carbonyl (C=O) groups excluding carboxylic acids is 1. The van der Waals surface area contributed by atoms with Gasteiger partial charge in [0.25, 0.3) is 0 Å². The highest BCUT2D eigenvalue weighted by Gasteiger charge is 1.97. The fourth-order valence-corrected chi connectivity index (χ4v) is 1.04. The van der Waals surface area contributed by atoms with Crippen molar-refractivity contribution in [2.24, 2.45) is 5.11 Å². The van der Waals surface area contributed by atoms with Crippen LogP contribution in [0.2, 0.25) is 0 Å². The Bertz CT molecular complexity index is 269. The zero-order valence-electron chi connectivity index (χ0n) is 11.2. The van der Waals surface area contributed by atoms with Crippen molar-refractivity contribution in [2.75, 3.05) is 46.2 Å². The van der Waals surface area contributed by atoms with E-state index in [2.05, 4.69) is 21.7 Å². The van der Waals surface area contributed by atoms with Gasteiger partial charge in [-0.2, -0.15) is 0 Å². The third kappa shape index (κ3) is 14.6. The van der Waals surface area contributed by atoms with Crippen molar-refractivity contribution in [3.8, 4) is 0 Å². The van der Waals surface area contributed by atoms with Gasteiger partial charge in [0.05, 0.1) is 33.0 Å². The lowest BCUT2D eigenvalue weighted by molar-refractivity contribution is 0.00588. The fraction of sp³-hybridized carbons (Fsp3) is 0.909. The monoisotopic (exact) mass is 275 g/mol. The van der Waals surface area contributed by atoms with E-state index in [0.717, 1.165) is 19.4 Å². The third-order valence-electron chi connectivity index (χ3n) is 1.97. The molecule has 0 atom stereocenters. The second-order valence-corrected chi connectivity index (χ2v) is 3.49. The molecule has 0 rings (SSSR count). The zero-order chi connectivity index (χ0) is 14.2. The fourth-order valence-electron chi connectivity index (χ4n) is 1.04. The minimum Gasteiger partial charge on any atom is -0.458 e. The summed E-state index contributed by atoms with van der Waals surface area (Å²) >= 11 is 0. The molecule has 0 aromatic carbocycles. The number of amides is 1. The van der Waals surface area contributed by atoms with Crippen LogP contribution in [-0.2, 0) is 18.9 Å². The average molecular weight is 275 g/mol. The van der Waals surface area contributed by atoms with Gasteiger partial charge in [-0.3, -0.25) is 0 Å². The van der Waals surface area contributed by atoms with Crippen LogP contribution in [0.3, 0.4) is 0 Å². The maximum atomic E-state index is 10.6. The maximum Gasteiger partial charge on any atom is 0.396 e. The van der Waals surface area contributed by atoms with Crippen molar-refractivity contribution in [3.63, 3.8) is 0 Å². The van der Waals surface area contributed by atoms with Crippen LogP contribution in [0.15, 0.2) is 5.11 Å². The molecule has 0 aromatic rings. The topological polar surface area (TPSA) is 103 Å². The van der Waals surface area contributed by atoms with Crippen LogP contribution in [-0.4, -0.2) is 52.3 Å². The van der Waals surface area contributed by atoms with Crippen molar-refractivity contribution >= 4 is 6.09 Å². The van der Waals surface area contributed by atoms with Crippen molar-refractivity contribution in [2.45, 2.75) is 19.8 Å². The van der Waals surface area contributed by atoms with Gasteiger partial charge in [-0.05, 0) is 12.0 Å². The lowest BCUT2D eigenvalue weighted by Gasteiger charge is -2.06. The Morgan fingerprint density at radius 3 is 2.05 bits per heavy atom. The van der Waals surface area contributed by atoms with Crippen LogP contribution in [0.25, 0.3) is 10.4 Å². The minimum absolute atomic E-state index is 0.0536. The third-order valence-corrected chi connectivity index (χ3v) is 1.97. The molecule has 0 aliphatic rings. The molecule has 1 amide bonds. The van der Waals surface area contributed by atoms with E-state index in [4.69, 9.17) is 19.7 Å². The molecular formula is C11H21N3O5. The lowest BCUT2D eigenvalue weighted by atomic mass is 10.4. The first-order valence-electron chi connectivity index (χ1n) is 6.26. The number of rotatable bonds is 12. The molecule has 0 bridgehead atoms. The highest BCUT2D eigenvalue weighted by molar-refractivity contribution is 5.67. The predicted octanol–water partition coefficient (Wildman–Crippen LogP) is 2.28.